The summed E-state index contributed by atoms with van der Waals surface area (Å²) in [4.78, 5) is 25.3. The van der Waals surface area contributed by atoms with Crippen molar-refractivity contribution in [3.8, 4) is 0 Å². The molecule has 3 fully saturated rings. The largest absolute Gasteiger partial charge is 0.480 e. The van der Waals surface area contributed by atoms with Crippen LogP contribution in [0.15, 0.2) is 0 Å². The van der Waals surface area contributed by atoms with Gasteiger partial charge in [0.05, 0.1) is 18.2 Å². The summed E-state index contributed by atoms with van der Waals surface area (Å²) in [5, 5.41) is 12.3. The van der Waals surface area contributed by atoms with Gasteiger partial charge in [-0.1, -0.05) is 6.92 Å². The first-order valence-electron chi connectivity index (χ1n) is 7.51. The molecule has 0 radical (unpaired) electrons. The number of carboxylic acid groups (broad SMARTS) is 1. The van der Waals surface area contributed by atoms with Gasteiger partial charge in [0.25, 0.3) is 0 Å². The zero-order valence-electron chi connectivity index (χ0n) is 11.7. The summed E-state index contributed by atoms with van der Waals surface area (Å²) < 4.78 is 5.72. The number of urea groups is 1. The Balaban J connectivity index is 1.64. The molecule has 2 amide bonds. The monoisotopic (exact) mass is 282 g/mol. The topological polar surface area (TPSA) is 78.9 Å². The molecular weight excluding hydrogens is 260 g/mol. The fourth-order valence-electron chi connectivity index (χ4n) is 3.82. The summed E-state index contributed by atoms with van der Waals surface area (Å²) in [7, 11) is 0. The molecule has 20 heavy (non-hydrogen) atoms. The highest BCUT2D eigenvalue weighted by atomic mass is 16.5. The van der Waals surface area contributed by atoms with Gasteiger partial charge >= 0.3 is 12.0 Å². The van der Waals surface area contributed by atoms with Gasteiger partial charge in [0.2, 0.25) is 0 Å². The van der Waals surface area contributed by atoms with E-state index >= 15 is 0 Å². The molecule has 3 heterocycles. The van der Waals surface area contributed by atoms with Gasteiger partial charge in [-0.25, -0.2) is 9.59 Å². The second-order valence-corrected chi connectivity index (χ2v) is 6.26. The van der Waals surface area contributed by atoms with Crippen LogP contribution in [-0.4, -0.2) is 52.8 Å². The van der Waals surface area contributed by atoms with Crippen LogP contribution < -0.4 is 5.32 Å². The number of nitrogens with zero attached hydrogens (tertiary/aromatic N) is 1. The van der Waals surface area contributed by atoms with E-state index in [1.165, 1.54) is 4.90 Å². The summed E-state index contributed by atoms with van der Waals surface area (Å²) in [6.45, 7) is 2.42. The lowest BCUT2D eigenvalue weighted by Gasteiger charge is -2.38. The third kappa shape index (κ3) is 2.37. The Morgan fingerprint density at radius 3 is 2.70 bits per heavy atom. The number of nitrogens with one attached hydrogen (secondary N) is 1. The van der Waals surface area contributed by atoms with Crippen molar-refractivity contribution < 1.29 is 19.4 Å². The van der Waals surface area contributed by atoms with Crippen molar-refractivity contribution in [2.24, 2.45) is 5.92 Å². The minimum atomic E-state index is -0.906. The van der Waals surface area contributed by atoms with Crippen molar-refractivity contribution in [1.29, 1.82) is 0 Å². The summed E-state index contributed by atoms with van der Waals surface area (Å²) in [6.07, 6.45) is 5.06. The Bertz CT molecular complexity index is 414. The van der Waals surface area contributed by atoms with E-state index in [0.717, 1.165) is 32.1 Å². The standard InChI is InChI=1S/C14H22N2O4/c1-8-3-2-6-16(12(8)13(17)18)14(19)15-10-7-9-4-5-11(10)20-9/h8-12H,2-7H2,1H3,(H,15,19)(H,17,18). The van der Waals surface area contributed by atoms with E-state index in [2.05, 4.69) is 5.32 Å². The SMILES string of the molecule is CC1CCCN(C(=O)NC2CC3CCC2O3)C1C(=O)O. The van der Waals surface area contributed by atoms with Gasteiger partial charge in [-0.15, -0.1) is 0 Å². The van der Waals surface area contributed by atoms with Crippen LogP contribution in [0, 0.1) is 5.92 Å². The minimum absolute atomic E-state index is 0.00304. The first-order valence-corrected chi connectivity index (χ1v) is 7.51. The molecule has 0 saturated carbocycles. The fraction of sp³-hybridized carbons (Fsp3) is 0.857. The van der Waals surface area contributed by atoms with Crippen LogP contribution in [0.4, 0.5) is 4.79 Å². The molecule has 3 saturated heterocycles. The average molecular weight is 282 g/mol. The molecule has 2 bridgehead atoms. The van der Waals surface area contributed by atoms with Crippen molar-refractivity contribution in [3.63, 3.8) is 0 Å². The number of piperidine rings is 1. The highest BCUT2D eigenvalue weighted by Crippen LogP contribution is 2.34. The molecule has 6 nitrogen and oxygen atoms in total. The van der Waals surface area contributed by atoms with Crippen LogP contribution in [0.2, 0.25) is 0 Å². The van der Waals surface area contributed by atoms with E-state index in [1.54, 1.807) is 0 Å². The van der Waals surface area contributed by atoms with Gasteiger partial charge in [0, 0.05) is 6.54 Å². The van der Waals surface area contributed by atoms with Crippen LogP contribution in [0.1, 0.15) is 39.0 Å². The van der Waals surface area contributed by atoms with Crippen LogP contribution in [0.5, 0.6) is 0 Å². The van der Waals surface area contributed by atoms with Crippen LogP contribution in [0.3, 0.4) is 0 Å². The van der Waals surface area contributed by atoms with Crippen LogP contribution in [-0.2, 0) is 9.53 Å². The van der Waals surface area contributed by atoms with Crippen molar-refractivity contribution in [1.82, 2.24) is 10.2 Å². The number of rotatable bonds is 2. The molecule has 5 unspecified atom stereocenters. The lowest BCUT2D eigenvalue weighted by Crippen LogP contribution is -2.57. The molecule has 0 aromatic carbocycles. The number of carboxylic acids is 1. The van der Waals surface area contributed by atoms with Crippen LogP contribution in [0.25, 0.3) is 0 Å². The molecule has 6 heteroatoms. The highest BCUT2D eigenvalue weighted by Gasteiger charge is 2.43. The Morgan fingerprint density at radius 1 is 1.30 bits per heavy atom. The van der Waals surface area contributed by atoms with E-state index in [0.29, 0.717) is 6.54 Å². The number of aliphatic carboxylic acids is 1. The minimum Gasteiger partial charge on any atom is -0.480 e. The van der Waals surface area contributed by atoms with Crippen molar-refractivity contribution >= 4 is 12.0 Å². The molecule has 3 aliphatic heterocycles. The Labute approximate surface area is 118 Å². The van der Waals surface area contributed by atoms with E-state index in [9.17, 15) is 14.7 Å². The molecule has 5 atom stereocenters. The summed E-state index contributed by atoms with van der Waals surface area (Å²) in [5.74, 6) is -0.903. The van der Waals surface area contributed by atoms with Crippen molar-refractivity contribution in [2.45, 2.75) is 63.3 Å². The Kier molecular flexibility index (Phi) is 3.58. The molecular formula is C14H22N2O4. The number of hydrogen-bond donors (Lipinski definition) is 2. The van der Waals surface area contributed by atoms with E-state index in [-0.39, 0.29) is 30.2 Å². The van der Waals surface area contributed by atoms with Crippen molar-refractivity contribution in [3.05, 3.63) is 0 Å². The summed E-state index contributed by atoms with van der Waals surface area (Å²) in [5.41, 5.74) is 0. The highest BCUT2D eigenvalue weighted by molar-refractivity contribution is 5.83. The van der Waals surface area contributed by atoms with E-state index in [4.69, 9.17) is 4.74 Å². The number of carbonyl (C=O) groups excluding carboxylic acids is 1. The second-order valence-electron chi connectivity index (χ2n) is 6.26. The summed E-state index contributed by atoms with van der Waals surface area (Å²) in [6, 6.07) is -0.902. The normalized spacial score (nSPS) is 39.9. The number of fused-ring (bicyclic) bond motifs is 2. The van der Waals surface area contributed by atoms with Gasteiger partial charge in [-0.2, -0.15) is 0 Å². The zero-order chi connectivity index (χ0) is 14.3. The maximum atomic E-state index is 12.4. The molecule has 3 rings (SSSR count). The first-order chi connectivity index (χ1) is 9.56. The first kappa shape index (κ1) is 13.7. The van der Waals surface area contributed by atoms with Crippen molar-refractivity contribution in [2.75, 3.05) is 6.54 Å². The smallest absolute Gasteiger partial charge is 0.326 e. The lowest BCUT2D eigenvalue weighted by molar-refractivity contribution is -0.145. The van der Waals surface area contributed by atoms with E-state index in [1.807, 2.05) is 6.92 Å². The van der Waals surface area contributed by atoms with E-state index < -0.39 is 12.0 Å². The molecule has 0 aromatic heterocycles. The number of likely N-dealkylation sites (tertiary alicyclic amines) is 1. The molecule has 0 aromatic rings. The molecule has 2 N–H and O–H groups in total. The average Bonchev–Trinajstić information content (AvgIpc) is 3.00. The number of amides is 2. The quantitative estimate of drug-likeness (QED) is 0.797. The predicted molar refractivity (Wildman–Crippen MR) is 71.4 cm³/mol. The zero-order valence-corrected chi connectivity index (χ0v) is 11.7. The number of hydrogen-bond acceptors (Lipinski definition) is 3. The van der Waals surface area contributed by atoms with Gasteiger partial charge < -0.3 is 20.1 Å². The van der Waals surface area contributed by atoms with Gasteiger partial charge in [0.15, 0.2) is 0 Å². The molecule has 0 spiro atoms. The third-order valence-electron chi connectivity index (χ3n) is 4.86. The third-order valence-corrected chi connectivity index (χ3v) is 4.86. The van der Waals surface area contributed by atoms with Gasteiger partial charge in [-0.3, -0.25) is 0 Å². The second kappa shape index (κ2) is 5.24. The predicted octanol–water partition coefficient (Wildman–Crippen LogP) is 1.20. The summed E-state index contributed by atoms with van der Waals surface area (Å²) >= 11 is 0. The number of carbonyl (C=O) groups is 2. The maximum absolute atomic E-state index is 12.4. The molecule has 112 valence electrons. The Morgan fingerprint density at radius 2 is 2.10 bits per heavy atom. The maximum Gasteiger partial charge on any atom is 0.326 e. The van der Waals surface area contributed by atoms with Gasteiger partial charge in [0.1, 0.15) is 6.04 Å². The fourth-order valence-corrected chi connectivity index (χ4v) is 3.82. The molecule has 0 aliphatic carbocycles. The molecule has 3 aliphatic rings. The van der Waals surface area contributed by atoms with Gasteiger partial charge in [-0.05, 0) is 38.0 Å². The van der Waals surface area contributed by atoms with Crippen LogP contribution >= 0.6 is 0 Å². The Hall–Kier alpha value is -1.30. The lowest BCUT2D eigenvalue weighted by atomic mass is 9.91. The number of ether oxygens (including phenoxy) is 1.